The van der Waals surface area contributed by atoms with Gasteiger partial charge in [-0.15, -0.1) is 0 Å². The van der Waals surface area contributed by atoms with E-state index in [1.807, 2.05) is 12.1 Å². The van der Waals surface area contributed by atoms with Gasteiger partial charge in [-0.05, 0) is 17.2 Å². The normalized spacial score (nSPS) is 11.7. The molecule has 7 heteroatoms. The number of carbonyl (C=O) groups excluding carboxylic acids is 2. The van der Waals surface area contributed by atoms with Crippen molar-refractivity contribution in [3.8, 4) is 0 Å². The number of carbonyl (C=O) groups is 2. The van der Waals surface area contributed by atoms with Crippen LogP contribution >= 0.6 is 0 Å². The molecule has 4 aromatic rings. The highest BCUT2D eigenvalue weighted by Gasteiger charge is 2.39. The van der Waals surface area contributed by atoms with Gasteiger partial charge in [0, 0.05) is 22.7 Å². The van der Waals surface area contributed by atoms with Crippen molar-refractivity contribution in [3.63, 3.8) is 0 Å². The molecule has 1 amide bonds. The second-order valence-electron chi connectivity index (χ2n) is 7.24. The highest BCUT2D eigenvalue weighted by Crippen LogP contribution is 2.30. The van der Waals surface area contributed by atoms with Crippen LogP contribution in [0.1, 0.15) is 16.7 Å². The van der Waals surface area contributed by atoms with Crippen molar-refractivity contribution in [1.82, 2.24) is 9.99 Å². The van der Waals surface area contributed by atoms with E-state index in [0.29, 0.717) is 22.2 Å². The Morgan fingerprint density at radius 1 is 0.938 bits per heavy atom. The quantitative estimate of drug-likeness (QED) is 0.347. The zero-order chi connectivity index (χ0) is 22.6. The van der Waals surface area contributed by atoms with Gasteiger partial charge in [0.25, 0.3) is 5.91 Å². The number of nitrogens with one attached hydrogen (secondary N) is 1. The molecule has 0 aliphatic rings. The molecule has 3 aromatic carbocycles. The molecule has 0 saturated carbocycles. The Kier molecular flexibility index (Phi) is 5.83. The number of benzene rings is 3. The molecular formula is C25H20N3O4-. The molecule has 0 bridgehead atoms. The minimum atomic E-state index is -1.94. The average molecular weight is 426 g/mol. The lowest BCUT2D eigenvalue weighted by molar-refractivity contribution is -0.306. The lowest BCUT2D eigenvalue weighted by Crippen LogP contribution is -2.43. The van der Waals surface area contributed by atoms with Gasteiger partial charge in [0.15, 0.2) is 5.60 Å². The van der Waals surface area contributed by atoms with Gasteiger partial charge in [-0.1, -0.05) is 78.9 Å². The summed E-state index contributed by atoms with van der Waals surface area (Å²) in [4.78, 5) is 24.2. The van der Waals surface area contributed by atoms with Crippen molar-refractivity contribution in [1.29, 1.82) is 0 Å². The van der Waals surface area contributed by atoms with Gasteiger partial charge in [0.2, 0.25) is 0 Å². The number of para-hydroxylation sites is 1. The SMILES string of the molecule is O=C([O-])Cn1cc(/C=N\NC(=O)C(O)(c2ccccc2)c2ccccc2)c2ccccc21. The number of carboxylic acids is 1. The summed E-state index contributed by atoms with van der Waals surface area (Å²) in [7, 11) is 0. The van der Waals surface area contributed by atoms with E-state index in [9.17, 15) is 19.8 Å². The molecule has 0 spiro atoms. The maximum Gasteiger partial charge on any atom is 0.281 e. The number of aromatic nitrogens is 1. The van der Waals surface area contributed by atoms with Crippen LogP contribution in [0.5, 0.6) is 0 Å². The van der Waals surface area contributed by atoms with Gasteiger partial charge >= 0.3 is 0 Å². The van der Waals surface area contributed by atoms with Crippen molar-refractivity contribution in [2.75, 3.05) is 0 Å². The first kappa shape index (κ1) is 21.0. The number of fused-ring (bicyclic) bond motifs is 1. The third-order valence-electron chi connectivity index (χ3n) is 5.20. The fraction of sp³-hybridized carbons (Fsp3) is 0.0800. The second kappa shape index (κ2) is 8.87. The van der Waals surface area contributed by atoms with Crippen molar-refractivity contribution in [2.24, 2.45) is 5.10 Å². The zero-order valence-electron chi connectivity index (χ0n) is 17.0. The molecular weight excluding hydrogens is 406 g/mol. The second-order valence-corrected chi connectivity index (χ2v) is 7.24. The molecule has 0 atom stereocenters. The van der Waals surface area contributed by atoms with Crippen molar-refractivity contribution in [3.05, 3.63) is 108 Å². The molecule has 0 unspecified atom stereocenters. The van der Waals surface area contributed by atoms with Crippen LogP contribution in [0.25, 0.3) is 10.9 Å². The first-order valence-corrected chi connectivity index (χ1v) is 9.95. The topological polar surface area (TPSA) is 107 Å². The molecule has 1 heterocycles. The molecule has 0 radical (unpaired) electrons. The Balaban J connectivity index is 1.64. The Morgan fingerprint density at radius 2 is 1.50 bits per heavy atom. The van der Waals surface area contributed by atoms with Crippen LogP contribution in [0.4, 0.5) is 0 Å². The molecule has 160 valence electrons. The monoisotopic (exact) mass is 426 g/mol. The van der Waals surface area contributed by atoms with Crippen LogP contribution in [0.3, 0.4) is 0 Å². The molecule has 2 N–H and O–H groups in total. The van der Waals surface area contributed by atoms with E-state index in [2.05, 4.69) is 10.5 Å². The van der Waals surface area contributed by atoms with E-state index in [0.717, 1.165) is 5.39 Å². The summed E-state index contributed by atoms with van der Waals surface area (Å²) in [6, 6.07) is 24.5. The van der Waals surface area contributed by atoms with Gasteiger partial charge in [-0.25, -0.2) is 5.43 Å². The highest BCUT2D eigenvalue weighted by molar-refractivity contribution is 6.00. The fourth-order valence-electron chi connectivity index (χ4n) is 3.68. The number of nitrogens with zero attached hydrogens (tertiary/aromatic N) is 2. The van der Waals surface area contributed by atoms with E-state index >= 15 is 0 Å². The van der Waals surface area contributed by atoms with E-state index in [1.54, 1.807) is 79.0 Å². The number of aliphatic hydroxyl groups is 1. The maximum atomic E-state index is 13.1. The molecule has 32 heavy (non-hydrogen) atoms. The third-order valence-corrected chi connectivity index (χ3v) is 5.20. The van der Waals surface area contributed by atoms with Crippen molar-refractivity contribution < 1.29 is 19.8 Å². The minimum absolute atomic E-state index is 0.303. The summed E-state index contributed by atoms with van der Waals surface area (Å²) < 4.78 is 1.54. The standard InChI is InChI=1S/C25H21N3O4/c29-23(30)17-28-16-18(21-13-7-8-14-22(21)28)15-26-27-24(31)25(32,19-9-3-1-4-10-19)20-11-5-2-6-12-20/h1-16,32H,17H2,(H,27,31)(H,29,30)/p-1/b26-15-. The number of hydrazone groups is 1. The van der Waals surface area contributed by atoms with Gasteiger partial charge in [-0.2, -0.15) is 5.10 Å². The lowest BCUT2D eigenvalue weighted by Gasteiger charge is -2.27. The predicted octanol–water partition coefficient (Wildman–Crippen LogP) is 1.78. The largest absolute Gasteiger partial charge is 0.548 e. The van der Waals surface area contributed by atoms with Gasteiger partial charge < -0.3 is 19.6 Å². The molecule has 0 aliphatic carbocycles. The Morgan fingerprint density at radius 3 is 2.09 bits per heavy atom. The van der Waals surface area contributed by atoms with E-state index in [1.165, 1.54) is 10.8 Å². The van der Waals surface area contributed by atoms with Gasteiger partial charge in [0.1, 0.15) is 0 Å². The predicted molar refractivity (Wildman–Crippen MR) is 119 cm³/mol. The minimum Gasteiger partial charge on any atom is -0.548 e. The zero-order valence-corrected chi connectivity index (χ0v) is 17.0. The molecule has 1 aromatic heterocycles. The first-order valence-electron chi connectivity index (χ1n) is 9.95. The Hall–Kier alpha value is -4.23. The highest BCUT2D eigenvalue weighted by atomic mass is 16.4. The molecule has 7 nitrogen and oxygen atoms in total. The van der Waals surface area contributed by atoms with Crippen molar-refractivity contribution >= 4 is 29.0 Å². The summed E-state index contributed by atoms with van der Waals surface area (Å²) in [5.41, 5.74) is 2.62. The van der Waals surface area contributed by atoms with Crippen LogP contribution in [-0.2, 0) is 21.7 Å². The van der Waals surface area contributed by atoms with E-state index < -0.39 is 17.5 Å². The van der Waals surface area contributed by atoms with Crippen LogP contribution in [0.15, 0.2) is 96.2 Å². The number of amides is 1. The van der Waals surface area contributed by atoms with Gasteiger partial charge in [-0.3, -0.25) is 4.79 Å². The summed E-state index contributed by atoms with van der Waals surface area (Å²) >= 11 is 0. The van der Waals surface area contributed by atoms with E-state index in [4.69, 9.17) is 0 Å². The number of carboxylic acid groups (broad SMARTS) is 1. The van der Waals surface area contributed by atoms with E-state index in [-0.39, 0.29) is 6.54 Å². The van der Waals surface area contributed by atoms with Crippen LogP contribution < -0.4 is 10.5 Å². The van der Waals surface area contributed by atoms with Crippen LogP contribution in [0, 0.1) is 0 Å². The Bertz CT molecular complexity index is 1240. The maximum absolute atomic E-state index is 13.1. The first-order chi connectivity index (χ1) is 15.5. The number of hydrogen-bond acceptors (Lipinski definition) is 5. The average Bonchev–Trinajstić information content (AvgIpc) is 3.16. The number of aliphatic carboxylic acids is 1. The summed E-state index contributed by atoms with van der Waals surface area (Å²) in [6.07, 6.45) is 3.04. The molecule has 0 saturated heterocycles. The number of rotatable bonds is 7. The third kappa shape index (κ3) is 4.01. The lowest BCUT2D eigenvalue weighted by atomic mass is 9.85. The van der Waals surface area contributed by atoms with Crippen LogP contribution in [-0.4, -0.2) is 27.8 Å². The number of hydrogen-bond donors (Lipinski definition) is 2. The summed E-state index contributed by atoms with van der Waals surface area (Å²) in [5.74, 6) is -1.93. The molecule has 0 aliphatic heterocycles. The van der Waals surface area contributed by atoms with Gasteiger partial charge in [0.05, 0.1) is 18.7 Å². The molecule has 0 fully saturated rings. The van der Waals surface area contributed by atoms with Crippen LogP contribution in [0.2, 0.25) is 0 Å². The summed E-state index contributed by atoms with van der Waals surface area (Å²) in [6.45, 7) is -0.303. The molecule has 4 rings (SSSR count). The fourth-order valence-corrected chi connectivity index (χ4v) is 3.68. The smallest absolute Gasteiger partial charge is 0.281 e. The Labute approximate surface area is 184 Å². The van der Waals surface area contributed by atoms with Crippen molar-refractivity contribution in [2.45, 2.75) is 12.1 Å². The summed E-state index contributed by atoms with van der Waals surface area (Å²) in [5, 5.41) is 27.3.